The van der Waals surface area contributed by atoms with E-state index >= 15 is 0 Å². The molecule has 6 nitrogen and oxygen atoms in total. The molecule has 0 aliphatic carbocycles. The van der Waals surface area contributed by atoms with Crippen molar-refractivity contribution in [1.82, 2.24) is 5.32 Å². The highest BCUT2D eigenvalue weighted by Crippen LogP contribution is 2.19. The van der Waals surface area contributed by atoms with Gasteiger partial charge < -0.3 is 15.4 Å². The molecule has 2 atom stereocenters. The summed E-state index contributed by atoms with van der Waals surface area (Å²) in [6.45, 7) is 9.15. The fourth-order valence-corrected chi connectivity index (χ4v) is 2.98. The summed E-state index contributed by atoms with van der Waals surface area (Å²) >= 11 is 0. The van der Waals surface area contributed by atoms with Crippen LogP contribution in [0.3, 0.4) is 0 Å². The van der Waals surface area contributed by atoms with Gasteiger partial charge in [0.05, 0.1) is 5.92 Å². The molecule has 0 aliphatic heterocycles. The first kappa shape index (κ1) is 23.1. The average molecular weight is 411 g/mol. The first-order valence-corrected chi connectivity index (χ1v) is 10.1. The topological polar surface area (TPSA) is 84.5 Å². The number of nitrogens with one attached hydrogen (secondary N) is 2. The Kier molecular flexibility index (Phi) is 8.16. The molecule has 2 aromatic carbocycles. The third kappa shape index (κ3) is 7.03. The lowest BCUT2D eigenvalue weighted by Gasteiger charge is -2.17. The van der Waals surface area contributed by atoms with Gasteiger partial charge in [0.2, 0.25) is 11.8 Å². The zero-order valence-electron chi connectivity index (χ0n) is 18.2. The van der Waals surface area contributed by atoms with Crippen molar-refractivity contribution in [2.24, 2.45) is 5.92 Å². The normalized spacial score (nSPS) is 12.7. The molecule has 2 aromatic rings. The Bertz CT molecular complexity index is 873. The summed E-state index contributed by atoms with van der Waals surface area (Å²) in [5, 5.41) is 5.35. The summed E-state index contributed by atoms with van der Waals surface area (Å²) in [5.41, 5.74) is 2.74. The molecule has 0 aliphatic rings. The largest absolute Gasteiger partial charge is 0.425 e. The highest BCUT2D eigenvalue weighted by molar-refractivity contribution is 5.89. The van der Waals surface area contributed by atoms with Crippen molar-refractivity contribution in [1.29, 1.82) is 0 Å². The molecule has 0 aromatic heterocycles. The number of anilines is 1. The van der Waals surface area contributed by atoms with Gasteiger partial charge in [0.1, 0.15) is 11.8 Å². The average Bonchev–Trinajstić information content (AvgIpc) is 2.68. The Labute approximate surface area is 178 Å². The summed E-state index contributed by atoms with van der Waals surface area (Å²) < 4.78 is 5.31. The van der Waals surface area contributed by atoms with E-state index in [1.54, 1.807) is 31.2 Å². The Morgan fingerprint density at radius 1 is 0.900 bits per heavy atom. The quantitative estimate of drug-likeness (QED) is 0.508. The van der Waals surface area contributed by atoms with Crippen LogP contribution in [0.1, 0.15) is 51.7 Å². The molecule has 2 amide bonds. The van der Waals surface area contributed by atoms with E-state index in [2.05, 4.69) is 24.5 Å². The van der Waals surface area contributed by atoms with E-state index in [9.17, 15) is 14.4 Å². The van der Waals surface area contributed by atoms with E-state index in [1.165, 1.54) is 12.5 Å². The SMILES string of the molecule is CC(=O)Nc1ccc(OC(=O)[C@H](C)NC(=O)[C@H](C)c2ccc(CC(C)C)cc2)cc1. The number of benzene rings is 2. The van der Waals surface area contributed by atoms with Crippen molar-refractivity contribution in [2.75, 3.05) is 5.32 Å². The second-order valence-corrected chi connectivity index (χ2v) is 7.92. The first-order valence-electron chi connectivity index (χ1n) is 10.1. The smallest absolute Gasteiger partial charge is 0.333 e. The number of ether oxygens (including phenoxy) is 1. The molecule has 0 saturated heterocycles. The zero-order chi connectivity index (χ0) is 22.3. The molecule has 30 heavy (non-hydrogen) atoms. The van der Waals surface area contributed by atoms with Gasteiger partial charge in [0.25, 0.3) is 0 Å². The monoisotopic (exact) mass is 410 g/mol. The molecule has 0 heterocycles. The van der Waals surface area contributed by atoms with Gasteiger partial charge in [-0.15, -0.1) is 0 Å². The molecular weight excluding hydrogens is 380 g/mol. The number of carbonyl (C=O) groups excluding carboxylic acids is 3. The molecule has 2 N–H and O–H groups in total. The number of hydrogen-bond acceptors (Lipinski definition) is 4. The standard InChI is InChI=1S/C24H30N2O4/c1-15(2)14-19-6-8-20(9-7-19)16(3)23(28)25-17(4)24(29)30-22-12-10-21(11-13-22)26-18(5)27/h6-13,15-17H,14H2,1-5H3,(H,25,28)(H,26,27)/t16-,17+/m1/s1. The fourth-order valence-electron chi connectivity index (χ4n) is 2.98. The van der Waals surface area contributed by atoms with E-state index in [0.29, 0.717) is 17.4 Å². The van der Waals surface area contributed by atoms with E-state index in [4.69, 9.17) is 4.74 Å². The molecule has 0 radical (unpaired) electrons. The Morgan fingerprint density at radius 3 is 2.03 bits per heavy atom. The number of carbonyl (C=O) groups is 3. The summed E-state index contributed by atoms with van der Waals surface area (Å²) in [6.07, 6.45) is 0.996. The second kappa shape index (κ2) is 10.6. The van der Waals surface area contributed by atoms with E-state index < -0.39 is 12.0 Å². The van der Waals surface area contributed by atoms with Crippen LogP contribution < -0.4 is 15.4 Å². The van der Waals surface area contributed by atoms with Crippen LogP contribution in [0.15, 0.2) is 48.5 Å². The van der Waals surface area contributed by atoms with E-state index in [0.717, 1.165) is 12.0 Å². The van der Waals surface area contributed by atoms with Crippen LogP contribution in [-0.2, 0) is 20.8 Å². The van der Waals surface area contributed by atoms with Crippen LogP contribution in [0.4, 0.5) is 5.69 Å². The number of amides is 2. The van der Waals surface area contributed by atoms with Crippen LogP contribution in [0, 0.1) is 5.92 Å². The minimum atomic E-state index is -0.796. The second-order valence-electron chi connectivity index (χ2n) is 7.92. The van der Waals surface area contributed by atoms with Crippen LogP contribution in [0.25, 0.3) is 0 Å². The van der Waals surface area contributed by atoms with Gasteiger partial charge in [-0.25, -0.2) is 4.79 Å². The van der Waals surface area contributed by atoms with Crippen LogP contribution >= 0.6 is 0 Å². The molecule has 0 fully saturated rings. The minimum Gasteiger partial charge on any atom is -0.425 e. The Morgan fingerprint density at radius 2 is 1.50 bits per heavy atom. The van der Waals surface area contributed by atoms with Crippen molar-refractivity contribution in [2.45, 2.75) is 53.0 Å². The summed E-state index contributed by atoms with van der Waals surface area (Å²) in [4.78, 5) is 35.9. The zero-order valence-corrected chi connectivity index (χ0v) is 18.2. The van der Waals surface area contributed by atoms with Gasteiger partial charge in [0.15, 0.2) is 0 Å². The van der Waals surface area contributed by atoms with E-state index in [-0.39, 0.29) is 17.7 Å². The van der Waals surface area contributed by atoms with Crippen molar-refractivity contribution >= 4 is 23.5 Å². The highest BCUT2D eigenvalue weighted by atomic mass is 16.5. The van der Waals surface area contributed by atoms with Crippen LogP contribution in [0.2, 0.25) is 0 Å². The fraction of sp³-hybridized carbons (Fsp3) is 0.375. The molecule has 0 bridgehead atoms. The Hall–Kier alpha value is -3.15. The van der Waals surface area contributed by atoms with Crippen molar-refractivity contribution in [3.05, 3.63) is 59.7 Å². The summed E-state index contributed by atoms with van der Waals surface area (Å²) in [7, 11) is 0. The van der Waals surface area contributed by atoms with Gasteiger partial charge in [-0.3, -0.25) is 9.59 Å². The van der Waals surface area contributed by atoms with Crippen molar-refractivity contribution < 1.29 is 19.1 Å². The Balaban J connectivity index is 1.90. The maximum Gasteiger partial charge on any atom is 0.333 e. The summed E-state index contributed by atoms with van der Waals surface area (Å²) in [6, 6.07) is 13.6. The van der Waals surface area contributed by atoms with Gasteiger partial charge in [0, 0.05) is 12.6 Å². The van der Waals surface area contributed by atoms with E-state index in [1.807, 2.05) is 31.2 Å². The van der Waals surface area contributed by atoms with Gasteiger partial charge in [-0.05, 0) is 61.6 Å². The van der Waals surface area contributed by atoms with Crippen LogP contribution in [-0.4, -0.2) is 23.8 Å². The van der Waals surface area contributed by atoms with Gasteiger partial charge in [-0.2, -0.15) is 0 Å². The molecule has 160 valence electrons. The minimum absolute atomic E-state index is 0.181. The maximum absolute atomic E-state index is 12.6. The van der Waals surface area contributed by atoms with Crippen molar-refractivity contribution in [3.8, 4) is 5.75 Å². The third-order valence-corrected chi connectivity index (χ3v) is 4.62. The molecule has 2 rings (SSSR count). The predicted molar refractivity (Wildman–Crippen MR) is 117 cm³/mol. The van der Waals surface area contributed by atoms with Gasteiger partial charge >= 0.3 is 5.97 Å². The lowest BCUT2D eigenvalue weighted by molar-refractivity contribution is -0.139. The molecule has 6 heteroatoms. The molecule has 0 unspecified atom stereocenters. The van der Waals surface area contributed by atoms with Crippen molar-refractivity contribution in [3.63, 3.8) is 0 Å². The van der Waals surface area contributed by atoms with Gasteiger partial charge in [-0.1, -0.05) is 38.1 Å². The first-order chi connectivity index (χ1) is 14.2. The highest BCUT2D eigenvalue weighted by Gasteiger charge is 2.22. The number of rotatable bonds is 8. The lowest BCUT2D eigenvalue weighted by atomic mass is 9.96. The molecule has 0 saturated carbocycles. The number of esters is 1. The van der Waals surface area contributed by atoms with Crippen LogP contribution in [0.5, 0.6) is 5.75 Å². The molecule has 0 spiro atoms. The maximum atomic E-state index is 12.6. The lowest BCUT2D eigenvalue weighted by Crippen LogP contribution is -2.42. The third-order valence-electron chi connectivity index (χ3n) is 4.62. The predicted octanol–water partition coefficient (Wildman–Crippen LogP) is 4.06. The molecular formula is C24H30N2O4. The summed E-state index contributed by atoms with van der Waals surface area (Å²) in [5.74, 6) is -0.453. The number of hydrogen-bond donors (Lipinski definition) is 2.